The smallest absolute Gasteiger partial charge is 0.308 e. The number of carbonyl (C=O) groups excluding carboxylic acids is 2. The molecule has 0 spiro atoms. The van der Waals surface area contributed by atoms with Gasteiger partial charge in [-0.15, -0.1) is 0 Å². The lowest BCUT2D eigenvalue weighted by molar-refractivity contribution is -0.142. The number of hydrogen-bond donors (Lipinski definition) is 2. The molecule has 27 heavy (non-hydrogen) atoms. The predicted molar refractivity (Wildman–Crippen MR) is 101 cm³/mol. The number of amides is 2. The molecule has 6 nitrogen and oxygen atoms in total. The molecule has 0 radical (unpaired) electrons. The number of nitrogens with zero attached hydrogens (tertiary/aromatic N) is 1. The molecule has 146 valence electrons. The van der Waals surface area contributed by atoms with Crippen molar-refractivity contribution in [3.63, 3.8) is 0 Å². The number of likely N-dealkylation sites (tertiary alicyclic amines) is 1. The Bertz CT molecular complexity index is 715. The van der Waals surface area contributed by atoms with Crippen molar-refractivity contribution in [2.24, 2.45) is 11.8 Å². The van der Waals surface area contributed by atoms with Gasteiger partial charge in [0.25, 0.3) is 0 Å². The fourth-order valence-corrected chi connectivity index (χ4v) is 4.50. The standard InChI is InChI=1S/C20H25ClN2O4/c1-12(24)22-18(14-4-2-3-5-14)19(25)23-10-16(17(11-23)20(26)27)13-6-8-15(21)9-7-13/h6-9,14,16-18H,2-5,10-11H2,1H3,(H,22,24)(H,26,27)/t16-,17+,18?/m0/s1. The summed E-state index contributed by atoms with van der Waals surface area (Å²) in [4.78, 5) is 38.2. The molecule has 0 bridgehead atoms. The molecular weight excluding hydrogens is 368 g/mol. The Labute approximate surface area is 163 Å². The molecule has 1 unspecified atom stereocenters. The van der Waals surface area contributed by atoms with Crippen molar-refractivity contribution in [2.45, 2.75) is 44.6 Å². The van der Waals surface area contributed by atoms with Crippen LogP contribution in [0.15, 0.2) is 24.3 Å². The Morgan fingerprint density at radius 3 is 2.33 bits per heavy atom. The molecule has 1 aromatic carbocycles. The highest BCUT2D eigenvalue weighted by Crippen LogP contribution is 2.35. The summed E-state index contributed by atoms with van der Waals surface area (Å²) >= 11 is 5.94. The van der Waals surface area contributed by atoms with Gasteiger partial charge in [-0.3, -0.25) is 14.4 Å². The van der Waals surface area contributed by atoms with Crippen molar-refractivity contribution in [3.05, 3.63) is 34.9 Å². The first-order valence-electron chi connectivity index (χ1n) is 9.41. The molecule has 2 amide bonds. The maximum Gasteiger partial charge on any atom is 0.308 e. The lowest BCUT2D eigenvalue weighted by atomic mass is 9.89. The minimum Gasteiger partial charge on any atom is -0.481 e. The molecule has 1 aromatic rings. The second kappa shape index (κ2) is 8.30. The average molecular weight is 393 g/mol. The molecule has 0 aromatic heterocycles. The number of halogens is 1. The molecule has 1 aliphatic heterocycles. The third-order valence-corrected chi connectivity index (χ3v) is 5.99. The van der Waals surface area contributed by atoms with Crippen LogP contribution < -0.4 is 5.32 Å². The summed E-state index contributed by atoms with van der Waals surface area (Å²) in [5.74, 6) is -2.15. The van der Waals surface area contributed by atoms with Gasteiger partial charge in [-0.25, -0.2) is 0 Å². The number of benzene rings is 1. The van der Waals surface area contributed by atoms with Gasteiger partial charge in [0.05, 0.1) is 5.92 Å². The van der Waals surface area contributed by atoms with Gasteiger partial charge in [-0.05, 0) is 36.5 Å². The Balaban J connectivity index is 1.80. The molecule has 1 aliphatic carbocycles. The van der Waals surface area contributed by atoms with Crippen LogP contribution in [-0.2, 0) is 14.4 Å². The first kappa shape index (κ1) is 19.7. The zero-order valence-corrected chi connectivity index (χ0v) is 16.1. The summed E-state index contributed by atoms with van der Waals surface area (Å²) in [5, 5.41) is 13.1. The molecule has 2 fully saturated rings. The summed E-state index contributed by atoms with van der Waals surface area (Å²) < 4.78 is 0. The highest BCUT2D eigenvalue weighted by Gasteiger charge is 2.43. The topological polar surface area (TPSA) is 86.7 Å². The second-order valence-electron chi connectivity index (χ2n) is 7.57. The highest BCUT2D eigenvalue weighted by atomic mass is 35.5. The Morgan fingerprint density at radius 2 is 1.78 bits per heavy atom. The van der Waals surface area contributed by atoms with Crippen LogP contribution in [0.5, 0.6) is 0 Å². The van der Waals surface area contributed by atoms with E-state index in [1.54, 1.807) is 17.0 Å². The van der Waals surface area contributed by atoms with Crippen LogP contribution in [0, 0.1) is 11.8 Å². The molecular formula is C20H25ClN2O4. The fourth-order valence-electron chi connectivity index (χ4n) is 4.37. The molecule has 7 heteroatoms. The SMILES string of the molecule is CC(=O)NC(C(=O)N1C[C@@H](C(=O)O)[C@H](c2ccc(Cl)cc2)C1)C1CCCC1. The highest BCUT2D eigenvalue weighted by molar-refractivity contribution is 6.30. The minimum atomic E-state index is -0.915. The molecule has 3 rings (SSSR count). The van der Waals surface area contributed by atoms with Gasteiger partial charge in [0, 0.05) is 31.0 Å². The molecule has 1 saturated carbocycles. The van der Waals surface area contributed by atoms with E-state index in [1.165, 1.54) is 6.92 Å². The Morgan fingerprint density at radius 1 is 1.15 bits per heavy atom. The van der Waals surface area contributed by atoms with E-state index in [0.717, 1.165) is 31.2 Å². The zero-order valence-electron chi connectivity index (χ0n) is 15.4. The van der Waals surface area contributed by atoms with Crippen LogP contribution in [0.4, 0.5) is 0 Å². The fraction of sp³-hybridized carbons (Fsp3) is 0.550. The van der Waals surface area contributed by atoms with Crippen LogP contribution in [0.1, 0.15) is 44.1 Å². The third-order valence-electron chi connectivity index (χ3n) is 5.74. The van der Waals surface area contributed by atoms with Gasteiger partial charge in [0.1, 0.15) is 6.04 Å². The number of nitrogens with one attached hydrogen (secondary N) is 1. The summed E-state index contributed by atoms with van der Waals surface area (Å²) in [6, 6.07) is 6.54. The van der Waals surface area contributed by atoms with Gasteiger partial charge >= 0.3 is 5.97 Å². The summed E-state index contributed by atoms with van der Waals surface area (Å²) in [6.07, 6.45) is 3.93. The second-order valence-corrected chi connectivity index (χ2v) is 8.01. The zero-order chi connectivity index (χ0) is 19.6. The van der Waals surface area contributed by atoms with Crippen molar-refractivity contribution in [3.8, 4) is 0 Å². The summed E-state index contributed by atoms with van der Waals surface area (Å²) in [7, 11) is 0. The van der Waals surface area contributed by atoms with Crippen LogP contribution in [0.2, 0.25) is 5.02 Å². The van der Waals surface area contributed by atoms with Crippen molar-refractivity contribution < 1.29 is 19.5 Å². The maximum atomic E-state index is 13.2. The van der Waals surface area contributed by atoms with Crippen LogP contribution >= 0.6 is 11.6 Å². The van der Waals surface area contributed by atoms with E-state index < -0.39 is 17.9 Å². The number of hydrogen-bond acceptors (Lipinski definition) is 3. The quantitative estimate of drug-likeness (QED) is 0.806. The largest absolute Gasteiger partial charge is 0.481 e. The number of carboxylic acid groups (broad SMARTS) is 1. The number of carbonyl (C=O) groups is 3. The van der Waals surface area contributed by atoms with E-state index in [0.29, 0.717) is 11.6 Å². The van der Waals surface area contributed by atoms with E-state index in [1.807, 2.05) is 12.1 Å². The molecule has 2 N–H and O–H groups in total. The van der Waals surface area contributed by atoms with Crippen LogP contribution in [-0.4, -0.2) is 46.9 Å². The Kier molecular flexibility index (Phi) is 6.05. The average Bonchev–Trinajstić information content (AvgIpc) is 3.29. The van der Waals surface area contributed by atoms with Crippen molar-refractivity contribution in [1.82, 2.24) is 10.2 Å². The van der Waals surface area contributed by atoms with Crippen molar-refractivity contribution >= 4 is 29.4 Å². The summed E-state index contributed by atoms with van der Waals surface area (Å²) in [6.45, 7) is 1.90. The van der Waals surface area contributed by atoms with E-state index in [4.69, 9.17) is 11.6 Å². The van der Waals surface area contributed by atoms with Gasteiger partial charge in [0.2, 0.25) is 11.8 Å². The van der Waals surface area contributed by atoms with E-state index in [-0.39, 0.29) is 30.2 Å². The lowest BCUT2D eigenvalue weighted by Crippen LogP contribution is -2.51. The summed E-state index contributed by atoms with van der Waals surface area (Å²) in [5.41, 5.74) is 0.860. The number of carboxylic acids is 1. The predicted octanol–water partition coefficient (Wildman–Crippen LogP) is 2.66. The van der Waals surface area contributed by atoms with E-state index >= 15 is 0 Å². The first-order valence-corrected chi connectivity index (χ1v) is 9.78. The first-order chi connectivity index (χ1) is 12.9. The number of aliphatic carboxylic acids is 1. The molecule has 1 saturated heterocycles. The van der Waals surface area contributed by atoms with Crippen molar-refractivity contribution in [1.29, 1.82) is 0 Å². The van der Waals surface area contributed by atoms with Gasteiger partial charge in [-0.2, -0.15) is 0 Å². The monoisotopic (exact) mass is 392 g/mol. The minimum absolute atomic E-state index is 0.124. The number of rotatable bonds is 5. The Hall–Kier alpha value is -2.08. The van der Waals surface area contributed by atoms with E-state index in [2.05, 4.69) is 5.32 Å². The lowest BCUT2D eigenvalue weighted by Gasteiger charge is -2.28. The molecule has 3 atom stereocenters. The van der Waals surface area contributed by atoms with Crippen LogP contribution in [0.25, 0.3) is 0 Å². The molecule has 1 heterocycles. The van der Waals surface area contributed by atoms with Gasteiger partial charge < -0.3 is 15.3 Å². The van der Waals surface area contributed by atoms with Crippen molar-refractivity contribution in [2.75, 3.05) is 13.1 Å². The van der Waals surface area contributed by atoms with Crippen LogP contribution in [0.3, 0.4) is 0 Å². The third kappa shape index (κ3) is 4.43. The van der Waals surface area contributed by atoms with E-state index in [9.17, 15) is 19.5 Å². The van der Waals surface area contributed by atoms with Gasteiger partial charge in [0.15, 0.2) is 0 Å². The molecule has 2 aliphatic rings. The normalized spacial score (nSPS) is 24.0. The van der Waals surface area contributed by atoms with Gasteiger partial charge in [-0.1, -0.05) is 36.6 Å². The maximum absolute atomic E-state index is 13.2.